The van der Waals surface area contributed by atoms with Gasteiger partial charge in [0, 0.05) is 12.0 Å². The van der Waals surface area contributed by atoms with E-state index in [1.54, 1.807) is 19.1 Å². The van der Waals surface area contributed by atoms with Gasteiger partial charge in [-0.2, -0.15) is 0 Å². The summed E-state index contributed by atoms with van der Waals surface area (Å²) in [5.41, 5.74) is 14.3. The summed E-state index contributed by atoms with van der Waals surface area (Å²) in [4.78, 5) is 24.6. The highest BCUT2D eigenvalue weighted by atomic mass is 16.2. The highest BCUT2D eigenvalue weighted by Crippen LogP contribution is 2.09. The van der Waals surface area contributed by atoms with Gasteiger partial charge in [-0.15, -0.1) is 0 Å². The second kappa shape index (κ2) is 11.1. The Kier molecular flexibility index (Phi) is 8.55. The van der Waals surface area contributed by atoms with E-state index in [4.69, 9.17) is 16.9 Å². The van der Waals surface area contributed by atoms with Crippen molar-refractivity contribution in [3.05, 3.63) is 71.3 Å². The standard InChI is InChI=1S/C23H30N4O2/c1-16(21(28)15-12-18-10-13-19(14-11-18)22(25)26)27-23(29)20(24)9-5-8-17-6-3-2-4-7-17/h2-4,6-7,10-11,13-14,16,20H,5,8-9,12,15,24H2,1H3,(H3,25,26)(H,27,29)/t16-,20+/m0/s1. The number of aryl methyl sites for hydroxylation is 2. The molecule has 6 heteroatoms. The van der Waals surface area contributed by atoms with E-state index < -0.39 is 12.1 Å². The Labute approximate surface area is 172 Å². The van der Waals surface area contributed by atoms with E-state index in [1.165, 1.54) is 5.56 Å². The monoisotopic (exact) mass is 394 g/mol. The first-order valence-electron chi connectivity index (χ1n) is 9.92. The minimum Gasteiger partial charge on any atom is -0.384 e. The lowest BCUT2D eigenvalue weighted by Crippen LogP contribution is -2.47. The predicted molar refractivity (Wildman–Crippen MR) is 116 cm³/mol. The van der Waals surface area contributed by atoms with Crippen LogP contribution in [0, 0.1) is 5.41 Å². The zero-order valence-corrected chi connectivity index (χ0v) is 16.9. The number of nitrogens with one attached hydrogen (secondary N) is 2. The Morgan fingerprint density at radius 3 is 2.24 bits per heavy atom. The molecule has 0 heterocycles. The Balaban J connectivity index is 1.71. The average molecular weight is 395 g/mol. The third-order valence-corrected chi connectivity index (χ3v) is 4.93. The molecule has 0 aliphatic rings. The maximum Gasteiger partial charge on any atom is 0.237 e. The summed E-state index contributed by atoms with van der Waals surface area (Å²) < 4.78 is 0. The van der Waals surface area contributed by atoms with Crippen LogP contribution in [0.2, 0.25) is 0 Å². The topological polar surface area (TPSA) is 122 Å². The normalized spacial score (nSPS) is 12.8. The van der Waals surface area contributed by atoms with Crippen LogP contribution in [0.5, 0.6) is 0 Å². The quantitative estimate of drug-likeness (QED) is 0.345. The van der Waals surface area contributed by atoms with Gasteiger partial charge < -0.3 is 16.8 Å². The summed E-state index contributed by atoms with van der Waals surface area (Å²) in [6.45, 7) is 1.69. The maximum atomic E-state index is 12.3. The summed E-state index contributed by atoms with van der Waals surface area (Å²) in [6, 6.07) is 16.1. The number of ketones is 1. The maximum absolute atomic E-state index is 12.3. The van der Waals surface area contributed by atoms with Gasteiger partial charge in [-0.3, -0.25) is 15.0 Å². The zero-order valence-electron chi connectivity index (χ0n) is 16.9. The van der Waals surface area contributed by atoms with E-state index in [0.717, 1.165) is 18.4 Å². The fourth-order valence-electron chi connectivity index (χ4n) is 3.04. The molecule has 0 saturated heterocycles. The molecule has 29 heavy (non-hydrogen) atoms. The molecular weight excluding hydrogens is 364 g/mol. The van der Waals surface area contributed by atoms with Crippen molar-refractivity contribution in [3.63, 3.8) is 0 Å². The number of carbonyl (C=O) groups is 2. The van der Waals surface area contributed by atoms with E-state index in [9.17, 15) is 9.59 Å². The zero-order chi connectivity index (χ0) is 21.2. The van der Waals surface area contributed by atoms with Crippen molar-refractivity contribution in [2.24, 2.45) is 11.5 Å². The lowest BCUT2D eigenvalue weighted by molar-refractivity contribution is -0.128. The van der Waals surface area contributed by atoms with Gasteiger partial charge >= 0.3 is 0 Å². The number of amides is 1. The highest BCUT2D eigenvalue weighted by Gasteiger charge is 2.19. The number of amidine groups is 1. The van der Waals surface area contributed by atoms with Crippen LogP contribution in [0.25, 0.3) is 0 Å². The van der Waals surface area contributed by atoms with Gasteiger partial charge in [0.1, 0.15) is 5.84 Å². The number of carbonyl (C=O) groups excluding carboxylic acids is 2. The van der Waals surface area contributed by atoms with Gasteiger partial charge in [0.15, 0.2) is 5.78 Å². The summed E-state index contributed by atoms with van der Waals surface area (Å²) in [7, 11) is 0. The molecule has 0 spiro atoms. The minimum atomic E-state index is -0.618. The molecule has 6 nitrogen and oxygen atoms in total. The number of hydrogen-bond acceptors (Lipinski definition) is 4. The van der Waals surface area contributed by atoms with E-state index in [0.29, 0.717) is 24.8 Å². The SMILES string of the molecule is C[C@H](NC(=O)[C@H](N)CCCc1ccccc1)C(=O)CCc1ccc(C(=N)N)cc1. The molecule has 1 amide bonds. The van der Waals surface area contributed by atoms with E-state index in [-0.39, 0.29) is 17.5 Å². The van der Waals surface area contributed by atoms with Crippen molar-refractivity contribution < 1.29 is 9.59 Å². The summed E-state index contributed by atoms with van der Waals surface area (Å²) in [5.74, 6) is -0.306. The number of rotatable bonds is 11. The van der Waals surface area contributed by atoms with Gasteiger partial charge in [-0.05, 0) is 43.7 Å². The molecule has 0 saturated carbocycles. The number of nitrogens with two attached hydrogens (primary N) is 2. The van der Waals surface area contributed by atoms with Crippen molar-refractivity contribution in [1.82, 2.24) is 5.32 Å². The van der Waals surface area contributed by atoms with E-state index in [1.807, 2.05) is 30.3 Å². The lowest BCUT2D eigenvalue weighted by atomic mass is 10.0. The largest absolute Gasteiger partial charge is 0.384 e. The molecule has 0 bridgehead atoms. The fraction of sp³-hybridized carbons (Fsp3) is 0.348. The highest BCUT2D eigenvalue weighted by molar-refractivity contribution is 5.95. The molecule has 0 radical (unpaired) electrons. The Bertz CT molecular complexity index is 819. The molecule has 154 valence electrons. The van der Waals surface area contributed by atoms with Crippen molar-refractivity contribution in [3.8, 4) is 0 Å². The van der Waals surface area contributed by atoms with Crippen LogP contribution in [0.4, 0.5) is 0 Å². The molecule has 2 rings (SSSR count). The minimum absolute atomic E-state index is 0.0177. The first kappa shape index (κ1) is 22.3. The predicted octanol–water partition coefficient (Wildman–Crippen LogP) is 2.33. The Hall–Kier alpha value is -2.99. The van der Waals surface area contributed by atoms with Crippen LogP contribution in [-0.2, 0) is 22.4 Å². The lowest BCUT2D eigenvalue weighted by Gasteiger charge is -2.17. The molecule has 0 fully saturated rings. The van der Waals surface area contributed by atoms with Crippen LogP contribution in [0.15, 0.2) is 54.6 Å². The van der Waals surface area contributed by atoms with Crippen LogP contribution < -0.4 is 16.8 Å². The third-order valence-electron chi connectivity index (χ3n) is 4.93. The second-order valence-electron chi connectivity index (χ2n) is 7.29. The van der Waals surface area contributed by atoms with E-state index >= 15 is 0 Å². The molecule has 0 aromatic heterocycles. The number of hydrogen-bond donors (Lipinski definition) is 4. The average Bonchev–Trinajstić information content (AvgIpc) is 2.72. The van der Waals surface area contributed by atoms with Crippen LogP contribution in [0.1, 0.15) is 42.9 Å². The second-order valence-corrected chi connectivity index (χ2v) is 7.29. The van der Waals surface area contributed by atoms with Crippen molar-refractivity contribution >= 4 is 17.5 Å². The number of Topliss-reactive ketones (excluding diaryl/α,β-unsaturated/α-hetero) is 1. The molecule has 0 unspecified atom stereocenters. The van der Waals surface area contributed by atoms with E-state index in [2.05, 4.69) is 17.4 Å². The summed E-state index contributed by atoms with van der Waals surface area (Å²) in [6.07, 6.45) is 3.16. The van der Waals surface area contributed by atoms with Crippen molar-refractivity contribution in [2.75, 3.05) is 0 Å². The van der Waals surface area contributed by atoms with Crippen LogP contribution in [0.3, 0.4) is 0 Å². The Morgan fingerprint density at radius 2 is 1.62 bits per heavy atom. The molecule has 0 aliphatic heterocycles. The van der Waals surface area contributed by atoms with Gasteiger partial charge in [-0.25, -0.2) is 0 Å². The third kappa shape index (κ3) is 7.50. The molecule has 6 N–H and O–H groups in total. The summed E-state index contributed by atoms with van der Waals surface area (Å²) in [5, 5.41) is 10.1. The Morgan fingerprint density at radius 1 is 1.00 bits per heavy atom. The molecule has 0 aliphatic carbocycles. The van der Waals surface area contributed by atoms with Crippen molar-refractivity contribution in [2.45, 2.75) is 51.1 Å². The van der Waals surface area contributed by atoms with Crippen molar-refractivity contribution in [1.29, 1.82) is 5.41 Å². The van der Waals surface area contributed by atoms with Crippen LogP contribution >= 0.6 is 0 Å². The van der Waals surface area contributed by atoms with Gasteiger partial charge in [0.2, 0.25) is 5.91 Å². The molecule has 2 atom stereocenters. The molecular formula is C23H30N4O2. The van der Waals surface area contributed by atoms with Gasteiger partial charge in [-0.1, -0.05) is 54.6 Å². The fourth-order valence-corrected chi connectivity index (χ4v) is 3.04. The first-order valence-corrected chi connectivity index (χ1v) is 9.92. The van der Waals surface area contributed by atoms with Gasteiger partial charge in [0.05, 0.1) is 12.1 Å². The number of nitrogen functional groups attached to an aromatic ring is 1. The molecule has 2 aromatic carbocycles. The molecule has 2 aromatic rings. The van der Waals surface area contributed by atoms with Gasteiger partial charge in [0.25, 0.3) is 0 Å². The van der Waals surface area contributed by atoms with Crippen LogP contribution in [-0.4, -0.2) is 29.6 Å². The number of benzene rings is 2. The summed E-state index contributed by atoms with van der Waals surface area (Å²) >= 11 is 0. The first-order chi connectivity index (χ1) is 13.9. The smallest absolute Gasteiger partial charge is 0.237 e.